The lowest BCUT2D eigenvalue weighted by Gasteiger charge is -2.33. The van der Waals surface area contributed by atoms with Crippen molar-refractivity contribution in [2.75, 3.05) is 0 Å². The van der Waals surface area contributed by atoms with Gasteiger partial charge in [0.05, 0.1) is 0 Å². The van der Waals surface area contributed by atoms with Crippen LogP contribution in [0.1, 0.15) is 62.1 Å². The molecule has 0 amide bonds. The van der Waals surface area contributed by atoms with E-state index in [9.17, 15) is 0 Å². The fourth-order valence-corrected chi connectivity index (χ4v) is 4.60. The Hall–Kier alpha value is -0.380. The second kappa shape index (κ2) is 8.16. The molecule has 114 valence electrons. The molecule has 1 atom stereocenters. The van der Waals surface area contributed by atoms with Gasteiger partial charge in [-0.15, -0.1) is 11.3 Å². The summed E-state index contributed by atoms with van der Waals surface area (Å²) in [6.45, 7) is 4.53. The predicted molar refractivity (Wildman–Crippen MR) is 88.9 cm³/mol. The Morgan fingerprint density at radius 2 is 1.90 bits per heavy atom. The van der Waals surface area contributed by atoms with Gasteiger partial charge in [-0.1, -0.05) is 39.5 Å². The van der Waals surface area contributed by atoms with Crippen molar-refractivity contribution < 1.29 is 0 Å². The van der Waals surface area contributed by atoms with E-state index >= 15 is 0 Å². The minimum absolute atomic E-state index is 0.459. The van der Waals surface area contributed by atoms with E-state index in [1.54, 1.807) is 0 Å². The highest BCUT2D eigenvalue weighted by Crippen LogP contribution is 2.34. The summed E-state index contributed by atoms with van der Waals surface area (Å²) in [4.78, 5) is 2.97. The van der Waals surface area contributed by atoms with Gasteiger partial charge in [-0.3, -0.25) is 11.3 Å². The molecule has 0 bridgehead atoms. The summed E-state index contributed by atoms with van der Waals surface area (Å²) < 4.78 is 0. The maximum absolute atomic E-state index is 5.84. The summed E-state index contributed by atoms with van der Waals surface area (Å²) >= 11 is 1.95. The summed E-state index contributed by atoms with van der Waals surface area (Å²) in [6, 6.07) is 5.02. The first kappa shape index (κ1) is 16.0. The average Bonchev–Trinajstić information content (AvgIpc) is 2.94. The zero-order valence-electron chi connectivity index (χ0n) is 13.0. The van der Waals surface area contributed by atoms with Crippen LogP contribution in [-0.2, 0) is 12.8 Å². The molecule has 0 saturated heterocycles. The molecule has 2 rings (SSSR count). The van der Waals surface area contributed by atoms with Crippen LogP contribution in [0.15, 0.2) is 12.1 Å². The molecule has 3 N–H and O–H groups in total. The quantitative estimate of drug-likeness (QED) is 0.581. The van der Waals surface area contributed by atoms with Crippen molar-refractivity contribution in [2.45, 2.75) is 71.3 Å². The van der Waals surface area contributed by atoms with Gasteiger partial charge >= 0.3 is 0 Å². The molecule has 0 aliphatic heterocycles. The maximum Gasteiger partial charge on any atom is 0.0287 e. The van der Waals surface area contributed by atoms with Gasteiger partial charge in [-0.05, 0) is 49.7 Å². The number of nitrogens with one attached hydrogen (secondary N) is 1. The first-order chi connectivity index (χ1) is 9.76. The summed E-state index contributed by atoms with van der Waals surface area (Å²) in [7, 11) is 0. The van der Waals surface area contributed by atoms with Crippen molar-refractivity contribution in [2.24, 2.45) is 17.7 Å². The fraction of sp³-hybridized carbons (Fsp3) is 0.765. The van der Waals surface area contributed by atoms with Crippen LogP contribution >= 0.6 is 11.3 Å². The molecule has 1 aromatic rings. The van der Waals surface area contributed by atoms with Gasteiger partial charge in [0.25, 0.3) is 0 Å². The van der Waals surface area contributed by atoms with Crippen LogP contribution < -0.4 is 11.3 Å². The van der Waals surface area contributed by atoms with Crippen molar-refractivity contribution >= 4 is 11.3 Å². The van der Waals surface area contributed by atoms with E-state index in [4.69, 9.17) is 5.84 Å². The summed E-state index contributed by atoms with van der Waals surface area (Å²) in [6.07, 6.45) is 10.5. The lowest BCUT2D eigenvalue weighted by Crippen LogP contribution is -2.43. The second-order valence-corrected chi connectivity index (χ2v) is 7.52. The predicted octanol–water partition coefficient (Wildman–Crippen LogP) is 4.29. The van der Waals surface area contributed by atoms with Crippen LogP contribution in [0.2, 0.25) is 0 Å². The highest BCUT2D eigenvalue weighted by Gasteiger charge is 2.27. The largest absolute Gasteiger partial charge is 0.271 e. The average molecular weight is 295 g/mol. The molecule has 20 heavy (non-hydrogen) atoms. The van der Waals surface area contributed by atoms with Crippen LogP contribution in [0.5, 0.6) is 0 Å². The lowest BCUT2D eigenvalue weighted by atomic mass is 9.76. The zero-order chi connectivity index (χ0) is 14.4. The van der Waals surface area contributed by atoms with Crippen LogP contribution in [0, 0.1) is 11.8 Å². The van der Waals surface area contributed by atoms with Crippen LogP contribution in [0.3, 0.4) is 0 Å². The van der Waals surface area contributed by atoms with Crippen molar-refractivity contribution in [3.05, 3.63) is 21.9 Å². The monoisotopic (exact) mass is 294 g/mol. The number of hydrazine groups is 1. The van der Waals surface area contributed by atoms with Gasteiger partial charge in [0.1, 0.15) is 0 Å². The maximum atomic E-state index is 5.84. The minimum Gasteiger partial charge on any atom is -0.271 e. The Morgan fingerprint density at radius 1 is 1.20 bits per heavy atom. The molecule has 1 saturated carbocycles. The Kier molecular flexibility index (Phi) is 6.53. The molecule has 0 radical (unpaired) electrons. The molecule has 1 unspecified atom stereocenters. The van der Waals surface area contributed by atoms with Crippen LogP contribution in [0.4, 0.5) is 0 Å². The Morgan fingerprint density at radius 3 is 2.45 bits per heavy atom. The molecule has 2 nitrogen and oxygen atoms in total. The normalized spacial score (nSPS) is 24.8. The molecule has 3 heteroatoms. The smallest absolute Gasteiger partial charge is 0.0287 e. The first-order valence-corrected chi connectivity index (χ1v) is 9.12. The third-order valence-electron chi connectivity index (χ3n) is 4.86. The summed E-state index contributed by atoms with van der Waals surface area (Å²) in [5.74, 6) is 7.58. The standard InChI is InChI=1S/C17H30N2S/c1-3-5-13-6-8-14(9-7-13)17(19-18)12-16-11-10-15(4-2)20-16/h10-11,13-14,17,19H,3-9,12,18H2,1-2H3. The zero-order valence-corrected chi connectivity index (χ0v) is 13.8. The van der Waals surface area contributed by atoms with E-state index in [0.717, 1.165) is 24.7 Å². The molecule has 1 aliphatic rings. The van der Waals surface area contributed by atoms with E-state index in [-0.39, 0.29) is 0 Å². The lowest BCUT2D eigenvalue weighted by molar-refractivity contribution is 0.213. The van der Waals surface area contributed by atoms with Crippen molar-refractivity contribution in [1.29, 1.82) is 0 Å². The van der Waals surface area contributed by atoms with E-state index in [1.807, 2.05) is 11.3 Å². The van der Waals surface area contributed by atoms with Gasteiger partial charge in [-0.25, -0.2) is 0 Å². The van der Waals surface area contributed by atoms with Crippen molar-refractivity contribution in [3.8, 4) is 0 Å². The SMILES string of the molecule is CCCC1CCC(C(Cc2ccc(CC)s2)NN)CC1. The number of nitrogens with two attached hydrogens (primary N) is 1. The van der Waals surface area contributed by atoms with Crippen LogP contribution in [0.25, 0.3) is 0 Å². The van der Waals surface area contributed by atoms with E-state index in [0.29, 0.717) is 6.04 Å². The molecule has 0 aromatic carbocycles. The van der Waals surface area contributed by atoms with Gasteiger partial charge in [-0.2, -0.15) is 0 Å². The Balaban J connectivity index is 1.86. The minimum atomic E-state index is 0.459. The van der Waals surface area contributed by atoms with Crippen molar-refractivity contribution in [1.82, 2.24) is 5.43 Å². The molecule has 1 aliphatic carbocycles. The van der Waals surface area contributed by atoms with Crippen LogP contribution in [-0.4, -0.2) is 6.04 Å². The molecular formula is C17H30N2S. The van der Waals surface area contributed by atoms with Gasteiger partial charge in [0.2, 0.25) is 0 Å². The topological polar surface area (TPSA) is 38.0 Å². The number of aryl methyl sites for hydroxylation is 1. The van der Waals surface area contributed by atoms with Gasteiger partial charge in [0.15, 0.2) is 0 Å². The molecule has 1 fully saturated rings. The molecule has 1 aromatic heterocycles. The highest BCUT2D eigenvalue weighted by molar-refractivity contribution is 7.11. The van der Waals surface area contributed by atoms with E-state index < -0.39 is 0 Å². The first-order valence-electron chi connectivity index (χ1n) is 8.30. The third-order valence-corrected chi connectivity index (χ3v) is 6.11. The second-order valence-electron chi connectivity index (χ2n) is 6.27. The van der Waals surface area contributed by atoms with Gasteiger partial charge in [0, 0.05) is 15.8 Å². The Bertz CT molecular complexity index is 380. The third kappa shape index (κ3) is 4.31. The Labute approximate surface area is 128 Å². The molecule has 1 heterocycles. The number of rotatable bonds is 7. The number of hydrogen-bond acceptors (Lipinski definition) is 3. The number of thiophene rings is 1. The van der Waals surface area contributed by atoms with Gasteiger partial charge < -0.3 is 0 Å². The molecule has 0 spiro atoms. The van der Waals surface area contributed by atoms with Crippen molar-refractivity contribution in [3.63, 3.8) is 0 Å². The summed E-state index contributed by atoms with van der Waals surface area (Å²) in [5.41, 5.74) is 3.10. The summed E-state index contributed by atoms with van der Waals surface area (Å²) in [5, 5.41) is 0. The number of hydrogen-bond donors (Lipinski definition) is 2. The highest BCUT2D eigenvalue weighted by atomic mass is 32.1. The van der Waals surface area contributed by atoms with E-state index in [1.165, 1.54) is 48.3 Å². The fourth-order valence-electron chi connectivity index (χ4n) is 3.59. The molecular weight excluding hydrogens is 264 g/mol. The van der Waals surface area contributed by atoms with E-state index in [2.05, 4.69) is 31.4 Å².